The molecule has 0 aliphatic carbocycles. The van der Waals surface area contributed by atoms with Gasteiger partial charge in [0.1, 0.15) is 16.8 Å². The summed E-state index contributed by atoms with van der Waals surface area (Å²) in [4.78, 5) is 28.9. The molecular weight excluding hydrogens is 296 g/mol. The van der Waals surface area contributed by atoms with Gasteiger partial charge in [-0.15, -0.1) is 0 Å². The van der Waals surface area contributed by atoms with Crippen LogP contribution in [0.25, 0.3) is 0 Å². The molecule has 0 aromatic carbocycles. The maximum absolute atomic E-state index is 10.8. The molecule has 0 saturated heterocycles. The Bertz CT molecular complexity index is 772. The molecule has 0 unspecified atom stereocenters. The number of nitro groups is 1. The smallest absolute Gasteiger partial charge is 0.354 e. The van der Waals surface area contributed by atoms with Gasteiger partial charge >= 0.3 is 11.7 Å². The maximum Gasteiger partial charge on any atom is 0.354 e. The Hall–Kier alpha value is -2.99. The van der Waals surface area contributed by atoms with E-state index in [1.807, 2.05) is 0 Å². The lowest BCUT2D eigenvalue weighted by Gasteiger charge is -2.02. The fourth-order valence-corrected chi connectivity index (χ4v) is 2.25. The summed E-state index contributed by atoms with van der Waals surface area (Å²) in [6.45, 7) is 0. The standard InChI is InChI=1S/C12H6N4O4S/c13-6-9-10(16(19)20)1-2-11(15-9)21-7-3-4-14-8(5-7)12(17)18/h1-5H,(H,17,18). The predicted octanol–water partition coefficient (Wildman–Crippen LogP) is 2.11. The zero-order valence-corrected chi connectivity index (χ0v) is 11.1. The molecule has 9 heteroatoms. The quantitative estimate of drug-likeness (QED) is 0.671. The van der Waals surface area contributed by atoms with Crippen molar-refractivity contribution in [3.05, 3.63) is 52.0 Å². The Morgan fingerprint density at radius 2 is 2.19 bits per heavy atom. The van der Waals surface area contributed by atoms with Crippen molar-refractivity contribution in [2.75, 3.05) is 0 Å². The summed E-state index contributed by atoms with van der Waals surface area (Å²) >= 11 is 1.08. The molecule has 2 aromatic rings. The number of carboxylic acids is 1. The summed E-state index contributed by atoms with van der Waals surface area (Å²) in [5.74, 6) is -1.16. The number of hydrogen-bond acceptors (Lipinski definition) is 7. The van der Waals surface area contributed by atoms with Gasteiger partial charge in [0.05, 0.1) is 4.92 Å². The number of pyridine rings is 2. The van der Waals surface area contributed by atoms with Crippen molar-refractivity contribution in [3.8, 4) is 6.07 Å². The van der Waals surface area contributed by atoms with Crippen LogP contribution in [0.2, 0.25) is 0 Å². The lowest BCUT2D eigenvalue weighted by Crippen LogP contribution is -1.99. The summed E-state index contributed by atoms with van der Waals surface area (Å²) in [6, 6.07) is 7.17. The molecule has 0 spiro atoms. The highest BCUT2D eigenvalue weighted by Gasteiger charge is 2.16. The highest BCUT2D eigenvalue weighted by Crippen LogP contribution is 2.28. The van der Waals surface area contributed by atoms with Crippen molar-refractivity contribution in [1.29, 1.82) is 5.26 Å². The van der Waals surface area contributed by atoms with Gasteiger partial charge in [0.2, 0.25) is 5.69 Å². The molecule has 1 N–H and O–H groups in total. The summed E-state index contributed by atoms with van der Waals surface area (Å²) < 4.78 is 0. The van der Waals surface area contributed by atoms with Gasteiger partial charge in [-0.3, -0.25) is 10.1 Å². The minimum Gasteiger partial charge on any atom is -0.477 e. The molecule has 104 valence electrons. The summed E-state index contributed by atoms with van der Waals surface area (Å²) in [5, 5.41) is 28.8. The first-order valence-corrected chi connectivity index (χ1v) is 6.25. The molecule has 0 amide bonds. The van der Waals surface area contributed by atoms with Crippen LogP contribution in [0.3, 0.4) is 0 Å². The van der Waals surface area contributed by atoms with Crippen LogP contribution in [0.1, 0.15) is 16.2 Å². The van der Waals surface area contributed by atoms with Crippen LogP contribution in [0.5, 0.6) is 0 Å². The van der Waals surface area contributed by atoms with E-state index < -0.39 is 10.9 Å². The Labute approximate surface area is 122 Å². The second-order valence-corrected chi connectivity index (χ2v) is 4.76. The number of aromatic carboxylic acids is 1. The lowest BCUT2D eigenvalue weighted by molar-refractivity contribution is -0.385. The molecule has 0 aliphatic heterocycles. The number of nitrogens with zero attached hydrogens (tertiary/aromatic N) is 4. The van der Waals surface area contributed by atoms with E-state index in [2.05, 4.69) is 9.97 Å². The molecule has 8 nitrogen and oxygen atoms in total. The van der Waals surface area contributed by atoms with Gasteiger partial charge in [0.25, 0.3) is 0 Å². The largest absolute Gasteiger partial charge is 0.477 e. The van der Waals surface area contributed by atoms with Crippen molar-refractivity contribution < 1.29 is 14.8 Å². The second-order valence-electron chi connectivity index (χ2n) is 3.67. The summed E-state index contributed by atoms with van der Waals surface area (Å²) in [7, 11) is 0. The van der Waals surface area contributed by atoms with Crippen molar-refractivity contribution >= 4 is 23.4 Å². The zero-order valence-electron chi connectivity index (χ0n) is 10.3. The van der Waals surface area contributed by atoms with Crippen LogP contribution < -0.4 is 0 Å². The van der Waals surface area contributed by atoms with Crippen molar-refractivity contribution in [2.24, 2.45) is 0 Å². The van der Waals surface area contributed by atoms with E-state index in [1.165, 1.54) is 24.4 Å². The van der Waals surface area contributed by atoms with E-state index in [-0.39, 0.29) is 17.1 Å². The molecule has 0 aliphatic rings. The molecular formula is C12H6N4O4S. The highest BCUT2D eigenvalue weighted by molar-refractivity contribution is 7.99. The maximum atomic E-state index is 10.8. The Morgan fingerprint density at radius 1 is 1.43 bits per heavy atom. The fraction of sp³-hybridized carbons (Fsp3) is 0. The van der Waals surface area contributed by atoms with Gasteiger partial charge in [-0.25, -0.2) is 14.8 Å². The molecule has 0 bridgehead atoms. The number of carboxylic acid groups (broad SMARTS) is 1. The van der Waals surface area contributed by atoms with Gasteiger partial charge in [-0.1, -0.05) is 11.8 Å². The monoisotopic (exact) mass is 302 g/mol. The minimum atomic E-state index is -1.16. The van der Waals surface area contributed by atoms with E-state index in [0.717, 1.165) is 11.8 Å². The predicted molar refractivity (Wildman–Crippen MR) is 70.9 cm³/mol. The Balaban J connectivity index is 2.32. The number of aromatic nitrogens is 2. The molecule has 0 saturated carbocycles. The van der Waals surface area contributed by atoms with E-state index in [4.69, 9.17) is 10.4 Å². The summed E-state index contributed by atoms with van der Waals surface area (Å²) in [6.07, 6.45) is 1.34. The van der Waals surface area contributed by atoms with Crippen LogP contribution >= 0.6 is 11.8 Å². The van der Waals surface area contributed by atoms with E-state index in [0.29, 0.717) is 9.92 Å². The average Bonchev–Trinajstić information content (AvgIpc) is 2.47. The Kier molecular flexibility index (Phi) is 4.10. The Morgan fingerprint density at radius 3 is 2.81 bits per heavy atom. The minimum absolute atomic E-state index is 0.123. The third-order valence-electron chi connectivity index (χ3n) is 2.32. The summed E-state index contributed by atoms with van der Waals surface area (Å²) in [5.41, 5.74) is -0.789. The van der Waals surface area contributed by atoms with Gasteiger partial charge in [-0.05, 0) is 18.2 Å². The lowest BCUT2D eigenvalue weighted by atomic mass is 10.3. The van der Waals surface area contributed by atoms with E-state index in [9.17, 15) is 14.9 Å². The van der Waals surface area contributed by atoms with Crippen LogP contribution in [-0.2, 0) is 0 Å². The molecule has 2 heterocycles. The van der Waals surface area contributed by atoms with E-state index in [1.54, 1.807) is 12.1 Å². The SMILES string of the molecule is N#Cc1nc(Sc2ccnc(C(=O)O)c2)ccc1[N+](=O)[O-]. The zero-order chi connectivity index (χ0) is 15.4. The first kappa shape index (κ1) is 14.4. The first-order valence-electron chi connectivity index (χ1n) is 5.44. The third kappa shape index (κ3) is 3.31. The third-order valence-corrected chi connectivity index (χ3v) is 3.25. The number of rotatable bonds is 4. The molecule has 0 atom stereocenters. The second kappa shape index (κ2) is 5.98. The number of nitriles is 1. The molecule has 0 radical (unpaired) electrons. The van der Waals surface area contributed by atoms with Gasteiger partial charge in [-0.2, -0.15) is 5.26 Å². The highest BCUT2D eigenvalue weighted by atomic mass is 32.2. The van der Waals surface area contributed by atoms with Gasteiger partial charge in [0.15, 0.2) is 0 Å². The molecule has 21 heavy (non-hydrogen) atoms. The van der Waals surface area contributed by atoms with Crippen LogP contribution in [-0.4, -0.2) is 26.0 Å². The number of carbonyl (C=O) groups is 1. The van der Waals surface area contributed by atoms with Crippen LogP contribution in [0.15, 0.2) is 40.4 Å². The number of hydrogen-bond donors (Lipinski definition) is 1. The van der Waals surface area contributed by atoms with Crippen LogP contribution in [0, 0.1) is 21.4 Å². The first-order chi connectivity index (χ1) is 10.0. The van der Waals surface area contributed by atoms with Crippen LogP contribution in [0.4, 0.5) is 5.69 Å². The topological polar surface area (TPSA) is 130 Å². The van der Waals surface area contributed by atoms with Crippen molar-refractivity contribution in [3.63, 3.8) is 0 Å². The van der Waals surface area contributed by atoms with Crippen molar-refractivity contribution in [2.45, 2.75) is 9.92 Å². The molecule has 2 aromatic heterocycles. The van der Waals surface area contributed by atoms with Gasteiger partial charge in [0, 0.05) is 17.2 Å². The molecule has 0 fully saturated rings. The average molecular weight is 302 g/mol. The normalized spacial score (nSPS) is 9.86. The molecule has 2 rings (SSSR count). The van der Waals surface area contributed by atoms with Gasteiger partial charge < -0.3 is 5.11 Å². The van der Waals surface area contributed by atoms with E-state index >= 15 is 0 Å². The van der Waals surface area contributed by atoms with Crippen molar-refractivity contribution in [1.82, 2.24) is 9.97 Å². The fourth-order valence-electron chi connectivity index (χ4n) is 1.43.